The zero-order valence-corrected chi connectivity index (χ0v) is 12.5. The summed E-state index contributed by atoms with van der Waals surface area (Å²) in [6.07, 6.45) is 2.97. The van der Waals surface area contributed by atoms with E-state index < -0.39 is 17.8 Å². The molecule has 2 aromatic heterocycles. The molecule has 1 fully saturated rings. The van der Waals surface area contributed by atoms with Gasteiger partial charge in [-0.15, -0.1) is 11.3 Å². The number of aryl methyl sites for hydroxylation is 1. The number of rotatable bonds is 3. The lowest BCUT2D eigenvalue weighted by atomic mass is 10.1. The minimum atomic E-state index is -0.744. The number of imide groups is 2. The normalized spacial score (nSPS) is 17.2. The molecule has 2 aromatic rings. The Morgan fingerprint density at radius 3 is 2.77 bits per heavy atom. The Bertz CT molecular complexity index is 773. The van der Waals surface area contributed by atoms with E-state index in [4.69, 9.17) is 4.42 Å². The van der Waals surface area contributed by atoms with E-state index in [9.17, 15) is 14.4 Å². The predicted molar refractivity (Wildman–Crippen MR) is 79.8 cm³/mol. The van der Waals surface area contributed by atoms with Crippen molar-refractivity contribution in [3.63, 3.8) is 0 Å². The number of carbonyl (C=O) groups excluding carboxylic acids is 3. The van der Waals surface area contributed by atoms with Gasteiger partial charge in [-0.3, -0.25) is 19.8 Å². The second kappa shape index (κ2) is 5.61. The third-order valence-electron chi connectivity index (χ3n) is 3.26. The molecule has 0 bridgehead atoms. The van der Waals surface area contributed by atoms with Gasteiger partial charge in [-0.2, -0.15) is 0 Å². The highest BCUT2D eigenvalue weighted by Gasteiger charge is 2.36. The summed E-state index contributed by atoms with van der Waals surface area (Å²) in [6, 6.07) is 4.47. The van der Waals surface area contributed by atoms with E-state index in [1.807, 2.05) is 18.4 Å². The fourth-order valence-corrected chi connectivity index (χ4v) is 2.92. The maximum atomic E-state index is 12.4. The van der Waals surface area contributed by atoms with Crippen LogP contribution in [0.4, 0.5) is 4.79 Å². The van der Waals surface area contributed by atoms with E-state index >= 15 is 0 Å². The van der Waals surface area contributed by atoms with E-state index in [1.54, 1.807) is 12.1 Å². The number of hydrogen-bond acceptors (Lipinski definition) is 5. The van der Waals surface area contributed by atoms with Gasteiger partial charge in [-0.25, -0.2) is 4.79 Å². The van der Waals surface area contributed by atoms with Crippen LogP contribution in [0.15, 0.2) is 39.8 Å². The molecular formula is C15H12N2O4S. The van der Waals surface area contributed by atoms with Gasteiger partial charge >= 0.3 is 6.03 Å². The lowest BCUT2D eigenvalue weighted by Gasteiger charge is -2.25. The van der Waals surface area contributed by atoms with Crippen molar-refractivity contribution >= 4 is 35.3 Å². The first-order valence-corrected chi connectivity index (χ1v) is 7.39. The van der Waals surface area contributed by atoms with Crippen LogP contribution in [0.5, 0.6) is 0 Å². The van der Waals surface area contributed by atoms with Crippen molar-refractivity contribution in [2.24, 2.45) is 0 Å². The molecule has 1 N–H and O–H groups in total. The molecule has 0 aromatic carbocycles. The Kier molecular flexibility index (Phi) is 3.64. The quantitative estimate of drug-likeness (QED) is 0.696. The molecule has 7 heteroatoms. The van der Waals surface area contributed by atoms with Crippen molar-refractivity contribution in [2.45, 2.75) is 13.5 Å². The lowest BCUT2D eigenvalue weighted by Crippen LogP contribution is -2.53. The molecule has 4 amide bonds. The van der Waals surface area contributed by atoms with E-state index in [2.05, 4.69) is 5.32 Å². The number of nitrogens with zero attached hydrogens (tertiary/aromatic N) is 1. The fraction of sp³-hybridized carbons (Fsp3) is 0.133. The molecule has 1 aliphatic rings. The van der Waals surface area contributed by atoms with Crippen LogP contribution in [-0.2, 0) is 16.1 Å². The van der Waals surface area contributed by atoms with Crippen LogP contribution in [-0.4, -0.2) is 22.7 Å². The third kappa shape index (κ3) is 2.58. The number of hydrogen-bond donors (Lipinski definition) is 1. The Labute approximate surface area is 130 Å². The first-order chi connectivity index (χ1) is 10.6. The zero-order chi connectivity index (χ0) is 15.7. The number of furan rings is 1. The van der Waals surface area contributed by atoms with Gasteiger partial charge in [0.2, 0.25) is 0 Å². The smallest absolute Gasteiger partial charge is 0.331 e. The fourth-order valence-electron chi connectivity index (χ4n) is 2.06. The first kappa shape index (κ1) is 14.3. The number of urea groups is 1. The van der Waals surface area contributed by atoms with Gasteiger partial charge in [0.15, 0.2) is 0 Å². The van der Waals surface area contributed by atoms with Crippen LogP contribution < -0.4 is 5.32 Å². The highest BCUT2D eigenvalue weighted by Crippen LogP contribution is 2.22. The van der Waals surface area contributed by atoms with E-state index in [-0.39, 0.29) is 12.1 Å². The summed E-state index contributed by atoms with van der Waals surface area (Å²) in [4.78, 5) is 38.0. The average molecular weight is 316 g/mol. The van der Waals surface area contributed by atoms with Gasteiger partial charge in [0.1, 0.15) is 11.3 Å². The summed E-state index contributed by atoms with van der Waals surface area (Å²) in [5.41, 5.74) is 0.907. The van der Waals surface area contributed by atoms with Crippen molar-refractivity contribution in [3.8, 4) is 0 Å². The van der Waals surface area contributed by atoms with Crippen LogP contribution in [0.25, 0.3) is 6.08 Å². The number of barbiturate groups is 1. The van der Waals surface area contributed by atoms with Gasteiger partial charge in [-0.1, -0.05) is 0 Å². The minimum Gasteiger partial charge on any atom is -0.467 e. The molecule has 0 saturated carbocycles. The second-order valence-electron chi connectivity index (χ2n) is 4.76. The summed E-state index contributed by atoms with van der Waals surface area (Å²) in [6.45, 7) is 1.87. The lowest BCUT2D eigenvalue weighted by molar-refractivity contribution is -0.130. The second-order valence-corrected chi connectivity index (χ2v) is 5.70. The number of carbonyl (C=O) groups is 3. The molecular weight excluding hydrogens is 304 g/mol. The van der Waals surface area contributed by atoms with E-state index in [0.717, 1.165) is 15.3 Å². The van der Waals surface area contributed by atoms with Gasteiger partial charge < -0.3 is 4.42 Å². The summed E-state index contributed by atoms with van der Waals surface area (Å²) in [5.74, 6) is -0.846. The molecule has 112 valence electrons. The highest BCUT2D eigenvalue weighted by molar-refractivity contribution is 7.11. The van der Waals surface area contributed by atoms with Crippen molar-refractivity contribution in [3.05, 3.63) is 51.6 Å². The minimum absolute atomic E-state index is 0.0221. The Balaban J connectivity index is 1.92. The molecule has 0 unspecified atom stereocenters. The van der Waals surface area contributed by atoms with Crippen LogP contribution in [0, 0.1) is 6.92 Å². The van der Waals surface area contributed by atoms with Crippen molar-refractivity contribution in [1.29, 1.82) is 0 Å². The van der Waals surface area contributed by atoms with Crippen LogP contribution in [0.1, 0.15) is 16.2 Å². The summed E-state index contributed by atoms with van der Waals surface area (Å²) >= 11 is 1.42. The largest absolute Gasteiger partial charge is 0.467 e. The molecule has 3 rings (SSSR count). The highest BCUT2D eigenvalue weighted by atomic mass is 32.1. The summed E-state index contributed by atoms with van der Waals surface area (Å²) in [5, 5.41) is 4.05. The zero-order valence-electron chi connectivity index (χ0n) is 11.7. The van der Waals surface area contributed by atoms with Crippen LogP contribution in [0.3, 0.4) is 0 Å². The maximum Gasteiger partial charge on any atom is 0.331 e. The van der Waals surface area contributed by atoms with Gasteiger partial charge in [0.25, 0.3) is 11.8 Å². The predicted octanol–water partition coefficient (Wildman–Crippen LogP) is 2.31. The van der Waals surface area contributed by atoms with E-state index in [1.165, 1.54) is 23.7 Å². The molecule has 0 spiro atoms. The topological polar surface area (TPSA) is 79.6 Å². The Morgan fingerprint density at radius 2 is 2.14 bits per heavy atom. The van der Waals surface area contributed by atoms with E-state index in [0.29, 0.717) is 5.76 Å². The average Bonchev–Trinajstić information content (AvgIpc) is 3.11. The van der Waals surface area contributed by atoms with Gasteiger partial charge in [0, 0.05) is 4.88 Å². The summed E-state index contributed by atoms with van der Waals surface area (Å²) in [7, 11) is 0. The van der Waals surface area contributed by atoms with Crippen molar-refractivity contribution in [2.75, 3.05) is 0 Å². The Morgan fingerprint density at radius 1 is 1.32 bits per heavy atom. The molecule has 1 saturated heterocycles. The molecule has 0 aliphatic carbocycles. The molecule has 1 aliphatic heterocycles. The number of amides is 4. The van der Waals surface area contributed by atoms with Crippen LogP contribution in [0.2, 0.25) is 0 Å². The molecule has 0 radical (unpaired) electrons. The van der Waals surface area contributed by atoms with Gasteiger partial charge in [-0.05, 0) is 42.1 Å². The third-order valence-corrected chi connectivity index (χ3v) is 4.22. The molecule has 6 nitrogen and oxygen atoms in total. The molecule has 22 heavy (non-hydrogen) atoms. The first-order valence-electron chi connectivity index (χ1n) is 6.51. The summed E-state index contributed by atoms with van der Waals surface area (Å²) < 4.78 is 5.14. The maximum absolute atomic E-state index is 12.4. The molecule has 3 heterocycles. The van der Waals surface area contributed by atoms with Crippen molar-refractivity contribution in [1.82, 2.24) is 10.2 Å². The number of nitrogens with one attached hydrogen (secondary N) is 1. The van der Waals surface area contributed by atoms with Crippen LogP contribution >= 0.6 is 11.3 Å². The van der Waals surface area contributed by atoms with Crippen molar-refractivity contribution < 1.29 is 18.8 Å². The number of thiophene rings is 1. The standard InChI is InChI=1S/C15H12N2O4S/c1-9-4-6-22-12(9)7-11-13(18)16-15(20)17(14(11)19)8-10-3-2-5-21-10/h2-7H,8H2,1H3,(H,16,18,20). The molecule has 0 atom stereocenters. The SMILES string of the molecule is Cc1ccsc1C=C1C(=O)NC(=O)N(Cc2ccco2)C1=O. The van der Waals surface area contributed by atoms with Gasteiger partial charge in [0.05, 0.1) is 12.8 Å². The monoisotopic (exact) mass is 316 g/mol. The Hall–Kier alpha value is -2.67.